The maximum Gasteiger partial charge on any atom is 0.331 e. The summed E-state index contributed by atoms with van der Waals surface area (Å²) in [7, 11) is 0. The van der Waals surface area contributed by atoms with Gasteiger partial charge in [0.05, 0.1) is 23.9 Å². The first-order valence-corrected chi connectivity index (χ1v) is 13.6. The van der Waals surface area contributed by atoms with E-state index in [9.17, 15) is 20.1 Å². The first kappa shape index (κ1) is 24.3. The van der Waals surface area contributed by atoms with E-state index < -0.39 is 22.7 Å². The van der Waals surface area contributed by atoms with Crippen molar-refractivity contribution < 1.29 is 24.9 Å². The maximum atomic E-state index is 12.5. The van der Waals surface area contributed by atoms with Crippen LogP contribution in [0.5, 0.6) is 0 Å². The molecule has 0 aromatic carbocycles. The third-order valence-corrected chi connectivity index (χ3v) is 11.0. The van der Waals surface area contributed by atoms with Gasteiger partial charge in [0.2, 0.25) is 0 Å². The van der Waals surface area contributed by atoms with Crippen LogP contribution in [0.3, 0.4) is 0 Å². The number of ether oxygens (including phenoxy) is 1. The van der Waals surface area contributed by atoms with Crippen molar-refractivity contribution in [3.63, 3.8) is 0 Å². The second-order valence-electron chi connectivity index (χ2n) is 12.3. The first-order chi connectivity index (χ1) is 17.2. The minimum absolute atomic E-state index is 0.0419. The Bertz CT molecular complexity index is 1090. The molecule has 0 saturated heterocycles. The summed E-state index contributed by atoms with van der Waals surface area (Å²) in [6, 6.07) is 3.90. The van der Waals surface area contributed by atoms with E-state index in [0.717, 1.165) is 36.8 Å². The molecule has 4 fully saturated rings. The van der Waals surface area contributed by atoms with Crippen molar-refractivity contribution in [3.8, 4) is 0 Å². The minimum atomic E-state index is -1.03. The van der Waals surface area contributed by atoms with Crippen LogP contribution in [0.15, 0.2) is 41.2 Å². The average Bonchev–Trinajstić information content (AvgIpc) is 3.40. The summed E-state index contributed by atoms with van der Waals surface area (Å²) in [6.45, 7) is 3.04. The molecule has 3 N–H and O–H groups in total. The molecule has 7 heteroatoms. The summed E-state index contributed by atoms with van der Waals surface area (Å²) in [4.78, 5) is 20.9. The number of aliphatic hydroxyl groups excluding tert-OH is 1. The number of esters is 1. The highest BCUT2D eigenvalue weighted by molar-refractivity contribution is 5.85. The molecule has 36 heavy (non-hydrogen) atoms. The molecule has 0 radical (unpaired) electrons. The van der Waals surface area contributed by atoms with Gasteiger partial charge in [-0.1, -0.05) is 13.0 Å². The van der Waals surface area contributed by atoms with Crippen LogP contribution in [0.1, 0.15) is 70.3 Å². The summed E-state index contributed by atoms with van der Waals surface area (Å²) in [5.74, 6) is -0.00187. The van der Waals surface area contributed by atoms with E-state index in [0.29, 0.717) is 45.3 Å². The van der Waals surface area contributed by atoms with Crippen LogP contribution in [0.4, 0.5) is 0 Å². The quantitative estimate of drug-likeness (QED) is 0.437. The molecule has 1 aliphatic heterocycles. The molecule has 2 heterocycles. The van der Waals surface area contributed by atoms with Crippen LogP contribution in [0.25, 0.3) is 0 Å². The molecule has 0 amide bonds. The highest BCUT2D eigenvalue weighted by Gasteiger charge is 2.71. The second-order valence-corrected chi connectivity index (χ2v) is 12.3. The monoisotopic (exact) mass is 494 g/mol. The van der Waals surface area contributed by atoms with Crippen molar-refractivity contribution in [2.75, 3.05) is 6.61 Å². The SMILES string of the molecule is C[C@]12CC[C@H]3[C@@H](CC[C@]4(O)C[C@@H](O)CC[C@]34C=NCc3cccnc3)[C@@]1(O)CC[C@@H]2C1=CC(=O)OC1. The van der Waals surface area contributed by atoms with E-state index in [1.165, 1.54) is 0 Å². The highest BCUT2D eigenvalue weighted by Crippen LogP contribution is 2.70. The maximum absolute atomic E-state index is 12.5. The lowest BCUT2D eigenvalue weighted by Crippen LogP contribution is -2.68. The fourth-order valence-electron chi connectivity index (χ4n) is 9.17. The zero-order chi connectivity index (χ0) is 25.2. The van der Waals surface area contributed by atoms with Crippen LogP contribution >= 0.6 is 0 Å². The summed E-state index contributed by atoms with van der Waals surface area (Å²) >= 11 is 0. The third kappa shape index (κ3) is 3.38. The number of cyclic esters (lactones) is 1. The Hall–Kier alpha value is -2.09. The number of hydrogen-bond acceptors (Lipinski definition) is 7. The number of nitrogens with zero attached hydrogens (tertiary/aromatic N) is 2. The Morgan fingerprint density at radius 3 is 2.72 bits per heavy atom. The van der Waals surface area contributed by atoms with Crippen LogP contribution < -0.4 is 0 Å². The fourth-order valence-corrected chi connectivity index (χ4v) is 9.17. The Kier molecular flexibility index (Phi) is 5.71. The van der Waals surface area contributed by atoms with Gasteiger partial charge in [0.25, 0.3) is 0 Å². The summed E-state index contributed by atoms with van der Waals surface area (Å²) in [5, 5.41) is 35.1. The van der Waals surface area contributed by atoms with Gasteiger partial charge in [-0.3, -0.25) is 9.98 Å². The highest BCUT2D eigenvalue weighted by atomic mass is 16.5. The van der Waals surface area contributed by atoms with Crippen LogP contribution in [-0.2, 0) is 16.1 Å². The van der Waals surface area contributed by atoms with Gasteiger partial charge in [-0.2, -0.15) is 0 Å². The predicted octanol–water partition coefficient (Wildman–Crippen LogP) is 3.37. The van der Waals surface area contributed by atoms with Crippen molar-refractivity contribution in [2.24, 2.45) is 33.6 Å². The Balaban J connectivity index is 1.35. The normalized spacial score (nSPS) is 46.1. The van der Waals surface area contributed by atoms with Gasteiger partial charge >= 0.3 is 5.97 Å². The largest absolute Gasteiger partial charge is 0.458 e. The van der Waals surface area contributed by atoms with Crippen LogP contribution in [0.2, 0.25) is 0 Å². The second kappa shape index (κ2) is 8.47. The standard InChI is InChI=1S/C29H38N2O5/c1-26-8-5-23-24(29(26,35)11-7-22(26)20-13-25(33)36-17-20)6-10-28(34)14-21(32)4-9-27(23,28)18-31-16-19-3-2-12-30-15-19/h2-3,12-13,15,18,21-24,32,34-35H,4-11,14,16-17H2,1H3/t21-,22+,23-,24+,26+,27-,28-,29-/m0/s1. The van der Waals surface area contributed by atoms with E-state index in [1.807, 2.05) is 24.5 Å². The lowest BCUT2D eigenvalue weighted by molar-refractivity contribution is -0.237. The number of carbonyl (C=O) groups is 1. The number of fused-ring (bicyclic) bond motifs is 5. The van der Waals surface area contributed by atoms with E-state index in [4.69, 9.17) is 9.73 Å². The zero-order valence-electron chi connectivity index (χ0n) is 21.1. The minimum Gasteiger partial charge on any atom is -0.458 e. The Labute approximate surface area is 212 Å². The molecule has 0 spiro atoms. The zero-order valence-corrected chi connectivity index (χ0v) is 21.1. The molecule has 4 saturated carbocycles. The summed E-state index contributed by atoms with van der Waals surface area (Å²) < 4.78 is 5.24. The molecular formula is C29H38N2O5. The molecule has 194 valence electrons. The summed E-state index contributed by atoms with van der Waals surface area (Å²) in [6.07, 6.45) is 12.9. The fraction of sp³-hybridized carbons (Fsp3) is 0.690. The number of aliphatic hydroxyl groups is 3. The lowest BCUT2D eigenvalue weighted by Gasteiger charge is -2.65. The third-order valence-electron chi connectivity index (χ3n) is 11.0. The number of pyridine rings is 1. The molecule has 1 aromatic heterocycles. The van der Waals surface area contributed by atoms with Gasteiger partial charge in [0.1, 0.15) is 6.61 Å². The van der Waals surface area contributed by atoms with Gasteiger partial charge in [-0.25, -0.2) is 4.79 Å². The Morgan fingerprint density at radius 1 is 1.14 bits per heavy atom. The number of carbonyl (C=O) groups excluding carboxylic acids is 1. The number of hydrogen-bond donors (Lipinski definition) is 3. The number of rotatable bonds is 4. The van der Waals surface area contributed by atoms with E-state index in [1.54, 1.807) is 12.3 Å². The lowest BCUT2D eigenvalue weighted by atomic mass is 9.41. The molecule has 5 aliphatic rings. The molecule has 0 bridgehead atoms. The first-order valence-electron chi connectivity index (χ1n) is 13.6. The van der Waals surface area contributed by atoms with E-state index >= 15 is 0 Å². The summed E-state index contributed by atoms with van der Waals surface area (Å²) in [5.41, 5.74) is -0.747. The predicted molar refractivity (Wildman–Crippen MR) is 134 cm³/mol. The van der Waals surface area contributed by atoms with Crippen LogP contribution in [-0.4, -0.2) is 56.4 Å². The molecule has 8 atom stereocenters. The molecule has 7 nitrogen and oxygen atoms in total. The number of aliphatic imine (C=N–C) groups is 1. The average molecular weight is 495 g/mol. The number of aromatic nitrogens is 1. The van der Waals surface area contributed by atoms with Gasteiger partial charge in [0.15, 0.2) is 0 Å². The topological polar surface area (TPSA) is 112 Å². The Morgan fingerprint density at radius 2 is 1.97 bits per heavy atom. The van der Waals surface area contributed by atoms with Gasteiger partial charge in [-0.15, -0.1) is 0 Å². The van der Waals surface area contributed by atoms with E-state index in [2.05, 4.69) is 11.9 Å². The molecule has 6 rings (SSSR count). The van der Waals surface area contributed by atoms with Crippen molar-refractivity contribution in [1.29, 1.82) is 0 Å². The molecule has 0 unspecified atom stereocenters. The molecule has 1 aromatic rings. The van der Waals surface area contributed by atoms with Gasteiger partial charge < -0.3 is 20.1 Å². The molecular weight excluding hydrogens is 456 g/mol. The smallest absolute Gasteiger partial charge is 0.331 e. The van der Waals surface area contributed by atoms with Crippen molar-refractivity contribution in [3.05, 3.63) is 41.7 Å². The van der Waals surface area contributed by atoms with Crippen molar-refractivity contribution in [2.45, 2.75) is 88.6 Å². The van der Waals surface area contributed by atoms with Crippen molar-refractivity contribution in [1.82, 2.24) is 4.98 Å². The van der Waals surface area contributed by atoms with Crippen molar-refractivity contribution >= 4 is 12.2 Å². The van der Waals surface area contributed by atoms with E-state index in [-0.39, 0.29) is 29.1 Å². The van der Waals surface area contributed by atoms with Gasteiger partial charge in [-0.05, 0) is 86.3 Å². The van der Waals surface area contributed by atoms with Gasteiger partial charge in [0, 0.05) is 41.9 Å². The van der Waals surface area contributed by atoms with Crippen LogP contribution in [0, 0.1) is 28.6 Å². The molecule has 4 aliphatic carbocycles.